The lowest BCUT2D eigenvalue weighted by atomic mass is 10.2. The predicted molar refractivity (Wildman–Crippen MR) is 130 cm³/mol. The third-order valence-electron chi connectivity index (χ3n) is 6.05. The predicted octanol–water partition coefficient (Wildman–Crippen LogP) is 4.58. The van der Waals surface area contributed by atoms with Crippen LogP contribution in [-0.2, 0) is 0 Å². The first-order valence-electron chi connectivity index (χ1n) is 11.2. The molecule has 1 fully saturated rings. The van der Waals surface area contributed by atoms with Crippen molar-refractivity contribution in [2.75, 3.05) is 31.1 Å². The maximum absolute atomic E-state index is 14.2. The number of aromatic nitrogens is 4. The van der Waals surface area contributed by atoms with Crippen LogP contribution in [0.25, 0.3) is 16.7 Å². The second kappa shape index (κ2) is 9.02. The molecule has 7 nitrogen and oxygen atoms in total. The Kier molecular flexibility index (Phi) is 5.91. The van der Waals surface area contributed by atoms with Crippen molar-refractivity contribution in [3.8, 4) is 5.69 Å². The number of hydrogen-bond acceptors (Lipinski definition) is 5. The number of nitrogens with zero attached hydrogens (tertiary/aromatic N) is 6. The van der Waals surface area contributed by atoms with E-state index in [1.165, 1.54) is 12.1 Å². The van der Waals surface area contributed by atoms with Gasteiger partial charge in [-0.1, -0.05) is 23.7 Å². The molecule has 4 aromatic rings. The van der Waals surface area contributed by atoms with E-state index in [1.807, 2.05) is 42.8 Å². The van der Waals surface area contributed by atoms with Crippen LogP contribution in [0.15, 0.2) is 48.5 Å². The van der Waals surface area contributed by atoms with Crippen molar-refractivity contribution < 1.29 is 9.18 Å². The number of fused-ring (bicyclic) bond motifs is 1. The first-order valence-corrected chi connectivity index (χ1v) is 11.6. The highest BCUT2D eigenvalue weighted by atomic mass is 35.5. The van der Waals surface area contributed by atoms with Gasteiger partial charge in [0.1, 0.15) is 17.5 Å². The molecule has 0 spiro atoms. The summed E-state index contributed by atoms with van der Waals surface area (Å²) >= 11 is 6.06. The zero-order valence-electron chi connectivity index (χ0n) is 19.0. The van der Waals surface area contributed by atoms with Crippen LogP contribution in [0.2, 0.25) is 5.02 Å². The standard InChI is InChI=1S/C25H24ClFN6O/c1-16-22-23(28-17(2)29-24(22)33(30-16)19-10-8-18(26)9-11-19)31-12-5-13-32(15-14-31)25(34)20-6-3-4-7-21(20)27/h3-4,6-11H,5,12-15H2,1-2H3. The number of carbonyl (C=O) groups excluding carboxylic acids is 1. The van der Waals surface area contributed by atoms with Gasteiger partial charge in [-0.3, -0.25) is 4.79 Å². The van der Waals surface area contributed by atoms with Gasteiger partial charge in [0.05, 0.1) is 22.3 Å². The van der Waals surface area contributed by atoms with Gasteiger partial charge in [0.2, 0.25) is 0 Å². The molecular weight excluding hydrogens is 455 g/mol. The summed E-state index contributed by atoms with van der Waals surface area (Å²) in [5, 5.41) is 6.28. The molecular formula is C25H24ClFN6O. The molecule has 9 heteroatoms. The zero-order chi connectivity index (χ0) is 23.8. The number of halogens is 2. The Bertz CT molecular complexity index is 1370. The Morgan fingerprint density at radius 2 is 1.74 bits per heavy atom. The minimum atomic E-state index is -0.494. The summed E-state index contributed by atoms with van der Waals surface area (Å²) in [7, 11) is 0. The molecule has 1 saturated heterocycles. The smallest absolute Gasteiger partial charge is 0.256 e. The number of amides is 1. The number of hydrogen-bond donors (Lipinski definition) is 0. The first kappa shape index (κ1) is 22.3. The lowest BCUT2D eigenvalue weighted by Gasteiger charge is -2.24. The summed E-state index contributed by atoms with van der Waals surface area (Å²) in [6.45, 7) is 6.14. The van der Waals surface area contributed by atoms with E-state index in [0.717, 1.165) is 41.2 Å². The molecule has 0 radical (unpaired) electrons. The van der Waals surface area contributed by atoms with Crippen LogP contribution < -0.4 is 4.90 Å². The Hall–Kier alpha value is -3.52. The van der Waals surface area contributed by atoms with E-state index >= 15 is 0 Å². The van der Waals surface area contributed by atoms with Crippen LogP contribution in [-0.4, -0.2) is 56.7 Å². The van der Waals surface area contributed by atoms with E-state index in [0.29, 0.717) is 30.5 Å². The Labute approximate surface area is 201 Å². The van der Waals surface area contributed by atoms with E-state index in [9.17, 15) is 9.18 Å². The second-order valence-corrected chi connectivity index (χ2v) is 8.82. The van der Waals surface area contributed by atoms with E-state index in [1.54, 1.807) is 17.0 Å². The number of benzene rings is 2. The molecule has 2 aromatic carbocycles. The average Bonchev–Trinajstić information content (AvgIpc) is 2.99. The largest absolute Gasteiger partial charge is 0.354 e. The monoisotopic (exact) mass is 478 g/mol. The molecule has 0 unspecified atom stereocenters. The fourth-order valence-electron chi connectivity index (χ4n) is 4.40. The summed E-state index contributed by atoms with van der Waals surface area (Å²) in [5.41, 5.74) is 2.52. The summed E-state index contributed by atoms with van der Waals surface area (Å²) in [6.07, 6.45) is 0.745. The van der Waals surface area contributed by atoms with Crippen LogP contribution in [0.5, 0.6) is 0 Å². The number of carbonyl (C=O) groups is 1. The minimum Gasteiger partial charge on any atom is -0.354 e. The van der Waals surface area contributed by atoms with Crippen molar-refractivity contribution in [3.63, 3.8) is 0 Å². The highest BCUT2D eigenvalue weighted by Crippen LogP contribution is 2.30. The summed E-state index contributed by atoms with van der Waals surface area (Å²) in [4.78, 5) is 26.3. The SMILES string of the molecule is Cc1nc(N2CCCN(C(=O)c3ccccc3F)CC2)c2c(C)nn(-c3ccc(Cl)cc3)c2n1. The van der Waals surface area contributed by atoms with E-state index in [4.69, 9.17) is 26.7 Å². The van der Waals surface area contributed by atoms with Crippen molar-refractivity contribution in [2.24, 2.45) is 0 Å². The maximum Gasteiger partial charge on any atom is 0.256 e. The van der Waals surface area contributed by atoms with Crippen molar-refractivity contribution in [1.82, 2.24) is 24.6 Å². The second-order valence-electron chi connectivity index (χ2n) is 8.38. The van der Waals surface area contributed by atoms with Gasteiger partial charge in [0, 0.05) is 31.2 Å². The Morgan fingerprint density at radius 1 is 0.971 bits per heavy atom. The van der Waals surface area contributed by atoms with Crippen molar-refractivity contribution in [2.45, 2.75) is 20.3 Å². The third-order valence-corrected chi connectivity index (χ3v) is 6.31. The maximum atomic E-state index is 14.2. The highest BCUT2D eigenvalue weighted by molar-refractivity contribution is 6.30. The third kappa shape index (κ3) is 4.09. The molecule has 0 bridgehead atoms. The average molecular weight is 479 g/mol. The minimum absolute atomic E-state index is 0.108. The molecule has 1 aliphatic rings. The summed E-state index contributed by atoms with van der Waals surface area (Å²) < 4.78 is 16.0. The topological polar surface area (TPSA) is 67.2 Å². The van der Waals surface area contributed by atoms with E-state index < -0.39 is 5.82 Å². The molecule has 3 heterocycles. The van der Waals surface area contributed by atoms with Crippen molar-refractivity contribution in [3.05, 3.63) is 76.5 Å². The molecule has 0 saturated carbocycles. The van der Waals surface area contributed by atoms with Gasteiger partial charge in [-0.15, -0.1) is 0 Å². The zero-order valence-corrected chi connectivity index (χ0v) is 19.8. The van der Waals surface area contributed by atoms with Crippen LogP contribution >= 0.6 is 11.6 Å². The molecule has 0 aliphatic carbocycles. The lowest BCUT2D eigenvalue weighted by Crippen LogP contribution is -2.36. The van der Waals surface area contributed by atoms with Crippen molar-refractivity contribution >= 4 is 34.4 Å². The molecule has 2 aromatic heterocycles. The van der Waals surface area contributed by atoms with Gasteiger partial charge < -0.3 is 9.80 Å². The summed E-state index contributed by atoms with van der Waals surface area (Å²) in [6, 6.07) is 13.6. The van der Waals surface area contributed by atoms with Gasteiger partial charge in [-0.2, -0.15) is 5.10 Å². The summed E-state index contributed by atoms with van der Waals surface area (Å²) in [5.74, 6) is 0.671. The number of anilines is 1. The quantitative estimate of drug-likeness (QED) is 0.431. The van der Waals surface area contributed by atoms with Gasteiger partial charge in [-0.25, -0.2) is 19.0 Å². The van der Waals surface area contributed by atoms with Crippen molar-refractivity contribution in [1.29, 1.82) is 0 Å². The first-order chi connectivity index (χ1) is 16.4. The molecule has 0 atom stereocenters. The molecule has 5 rings (SSSR count). The fraction of sp³-hybridized carbons (Fsp3) is 0.280. The Morgan fingerprint density at radius 3 is 2.50 bits per heavy atom. The van der Waals surface area contributed by atoms with Crippen LogP contribution in [0.4, 0.5) is 10.2 Å². The molecule has 34 heavy (non-hydrogen) atoms. The van der Waals surface area contributed by atoms with E-state index in [2.05, 4.69) is 4.90 Å². The number of aryl methyl sites for hydroxylation is 2. The number of rotatable bonds is 3. The van der Waals surface area contributed by atoms with Crippen LogP contribution in [0, 0.1) is 19.7 Å². The van der Waals surface area contributed by atoms with Gasteiger partial charge >= 0.3 is 0 Å². The highest BCUT2D eigenvalue weighted by Gasteiger charge is 2.26. The Balaban J connectivity index is 1.47. The fourth-order valence-corrected chi connectivity index (χ4v) is 4.52. The van der Waals surface area contributed by atoms with Crippen LogP contribution in [0.3, 0.4) is 0 Å². The van der Waals surface area contributed by atoms with E-state index in [-0.39, 0.29) is 11.5 Å². The molecule has 174 valence electrons. The molecule has 1 amide bonds. The van der Waals surface area contributed by atoms with Gasteiger partial charge in [0.15, 0.2) is 5.65 Å². The molecule has 1 aliphatic heterocycles. The molecule has 0 N–H and O–H groups in total. The van der Waals surface area contributed by atoms with Gasteiger partial charge in [-0.05, 0) is 56.7 Å². The van der Waals surface area contributed by atoms with Gasteiger partial charge in [0.25, 0.3) is 5.91 Å². The normalized spacial score (nSPS) is 14.5. The van der Waals surface area contributed by atoms with Crippen LogP contribution in [0.1, 0.15) is 28.3 Å². The lowest BCUT2D eigenvalue weighted by molar-refractivity contribution is 0.0762.